The zero-order valence-corrected chi connectivity index (χ0v) is 9.26. The van der Waals surface area contributed by atoms with Gasteiger partial charge in [-0.25, -0.2) is 4.79 Å². The number of carboxylic acids is 1. The minimum atomic E-state index is -3.16. The Bertz CT molecular complexity index is 473. The molecule has 0 aliphatic carbocycles. The van der Waals surface area contributed by atoms with Crippen LogP contribution in [0, 0.1) is 6.92 Å². The third kappa shape index (κ3) is 3.01. The van der Waals surface area contributed by atoms with Crippen molar-refractivity contribution in [3.8, 4) is 5.75 Å². The van der Waals surface area contributed by atoms with Gasteiger partial charge in [-0.05, 0) is 24.6 Å². The summed E-state index contributed by atoms with van der Waals surface area (Å²) in [7, 11) is 0. The number of carboxylic acid groups (broad SMARTS) is 1. The van der Waals surface area contributed by atoms with Gasteiger partial charge in [0.1, 0.15) is 12.0 Å². The number of rotatable bonds is 5. The number of halogens is 2. The van der Waals surface area contributed by atoms with Crippen LogP contribution in [0.2, 0.25) is 0 Å². The van der Waals surface area contributed by atoms with Gasteiger partial charge in [-0.15, -0.1) is 0 Å². The van der Waals surface area contributed by atoms with Crippen LogP contribution in [0.1, 0.15) is 27.6 Å². The number of alkyl halides is 2. The van der Waals surface area contributed by atoms with Crippen molar-refractivity contribution in [2.24, 2.45) is 0 Å². The van der Waals surface area contributed by atoms with E-state index in [1.54, 1.807) is 0 Å². The number of aldehydes is 1. The Morgan fingerprint density at radius 1 is 1.44 bits per heavy atom. The average Bonchev–Trinajstić information content (AvgIpc) is 2.29. The third-order valence-corrected chi connectivity index (χ3v) is 2.20. The zero-order valence-electron chi connectivity index (χ0n) is 9.26. The maximum atomic E-state index is 12.2. The van der Waals surface area contributed by atoms with Gasteiger partial charge in [0.25, 0.3) is 0 Å². The smallest absolute Gasteiger partial charge is 0.387 e. The molecule has 1 aromatic carbocycles. The maximum absolute atomic E-state index is 12.2. The number of carbonyl (C=O) groups excluding carboxylic acids is 1. The van der Waals surface area contributed by atoms with Gasteiger partial charge in [0.05, 0.1) is 0 Å². The van der Waals surface area contributed by atoms with E-state index in [1.807, 2.05) is 0 Å². The van der Waals surface area contributed by atoms with E-state index < -0.39 is 24.4 Å². The molecule has 5 nitrogen and oxygen atoms in total. The topological polar surface area (TPSA) is 83.8 Å². The predicted molar refractivity (Wildman–Crippen MR) is 55.8 cm³/mol. The number of aliphatic hydroxyl groups excluding tert-OH is 1. The highest BCUT2D eigenvalue weighted by molar-refractivity contribution is 5.80. The number of benzene rings is 1. The van der Waals surface area contributed by atoms with Crippen molar-refractivity contribution in [3.63, 3.8) is 0 Å². The number of ether oxygens (including phenoxy) is 1. The van der Waals surface area contributed by atoms with E-state index in [-0.39, 0.29) is 16.7 Å². The number of aryl methyl sites for hydroxylation is 1. The van der Waals surface area contributed by atoms with Crippen molar-refractivity contribution in [1.29, 1.82) is 0 Å². The molecule has 0 spiro atoms. The summed E-state index contributed by atoms with van der Waals surface area (Å²) in [5.41, 5.74) is -0.190. The molecule has 2 N–H and O–H groups in total. The average molecular weight is 260 g/mol. The maximum Gasteiger partial charge on any atom is 0.387 e. The van der Waals surface area contributed by atoms with Crippen LogP contribution in [0.5, 0.6) is 5.75 Å². The van der Waals surface area contributed by atoms with Crippen LogP contribution in [0.3, 0.4) is 0 Å². The Morgan fingerprint density at radius 3 is 2.50 bits per heavy atom. The van der Waals surface area contributed by atoms with Crippen LogP contribution in [0.15, 0.2) is 12.1 Å². The molecule has 0 aliphatic heterocycles. The Hall–Kier alpha value is -2.02. The summed E-state index contributed by atoms with van der Waals surface area (Å²) in [6.45, 7) is -1.80. The molecule has 0 radical (unpaired) electrons. The summed E-state index contributed by atoms with van der Waals surface area (Å²) >= 11 is 0. The Kier molecular flexibility index (Phi) is 4.33. The summed E-state index contributed by atoms with van der Waals surface area (Å²) in [5.74, 6) is -2.07. The summed E-state index contributed by atoms with van der Waals surface area (Å²) in [5, 5.41) is 18.1. The van der Waals surface area contributed by atoms with Gasteiger partial charge in [-0.1, -0.05) is 0 Å². The van der Waals surface area contributed by atoms with Gasteiger partial charge in [0.2, 0.25) is 0 Å². The molecule has 1 rings (SSSR count). The lowest BCUT2D eigenvalue weighted by Gasteiger charge is -2.16. The third-order valence-electron chi connectivity index (χ3n) is 2.20. The lowest BCUT2D eigenvalue weighted by Crippen LogP contribution is -2.15. The molecule has 0 aliphatic rings. The first-order valence-electron chi connectivity index (χ1n) is 4.82. The van der Waals surface area contributed by atoms with E-state index in [1.165, 1.54) is 13.0 Å². The van der Waals surface area contributed by atoms with Gasteiger partial charge in [0.15, 0.2) is 6.10 Å². The molecule has 18 heavy (non-hydrogen) atoms. The number of aliphatic carboxylic acids is 1. The predicted octanol–water partition coefficient (Wildman–Crippen LogP) is 1.53. The number of hydrogen-bond acceptors (Lipinski definition) is 4. The lowest BCUT2D eigenvalue weighted by molar-refractivity contribution is -0.147. The molecule has 1 aromatic rings. The minimum Gasteiger partial charge on any atom is -0.479 e. The fourth-order valence-corrected chi connectivity index (χ4v) is 1.48. The molecule has 1 unspecified atom stereocenters. The van der Waals surface area contributed by atoms with Crippen molar-refractivity contribution in [3.05, 3.63) is 28.8 Å². The fraction of sp³-hybridized carbons (Fsp3) is 0.273. The van der Waals surface area contributed by atoms with E-state index in [0.29, 0.717) is 6.29 Å². The van der Waals surface area contributed by atoms with E-state index >= 15 is 0 Å². The summed E-state index contributed by atoms with van der Waals surface area (Å²) in [4.78, 5) is 21.3. The van der Waals surface area contributed by atoms with E-state index in [0.717, 1.165) is 6.07 Å². The van der Waals surface area contributed by atoms with Gasteiger partial charge >= 0.3 is 12.6 Å². The van der Waals surface area contributed by atoms with Gasteiger partial charge in [-0.2, -0.15) is 8.78 Å². The van der Waals surface area contributed by atoms with E-state index in [2.05, 4.69) is 4.74 Å². The Balaban J connectivity index is 3.37. The van der Waals surface area contributed by atoms with Crippen molar-refractivity contribution in [2.75, 3.05) is 0 Å². The molecule has 0 saturated carbocycles. The molecule has 7 heteroatoms. The quantitative estimate of drug-likeness (QED) is 0.784. The number of hydrogen-bond donors (Lipinski definition) is 2. The van der Waals surface area contributed by atoms with Crippen LogP contribution >= 0.6 is 0 Å². The monoisotopic (exact) mass is 260 g/mol. The van der Waals surface area contributed by atoms with Crippen LogP contribution in [-0.4, -0.2) is 29.1 Å². The second-order valence-corrected chi connectivity index (χ2v) is 3.49. The van der Waals surface area contributed by atoms with Crippen LogP contribution in [-0.2, 0) is 4.79 Å². The molecule has 98 valence electrons. The Labute approximate surface area is 101 Å². The second-order valence-electron chi connectivity index (χ2n) is 3.49. The zero-order chi connectivity index (χ0) is 13.9. The van der Waals surface area contributed by atoms with E-state index in [9.17, 15) is 23.5 Å². The molecular weight excluding hydrogens is 250 g/mol. The highest BCUT2D eigenvalue weighted by Crippen LogP contribution is 2.31. The van der Waals surface area contributed by atoms with Crippen molar-refractivity contribution in [2.45, 2.75) is 19.6 Å². The second kappa shape index (κ2) is 5.54. The molecule has 0 aromatic heterocycles. The molecule has 0 fully saturated rings. The normalized spacial score (nSPS) is 12.3. The van der Waals surface area contributed by atoms with Crippen LogP contribution in [0.4, 0.5) is 8.78 Å². The van der Waals surface area contributed by atoms with E-state index in [4.69, 9.17) is 5.11 Å². The standard InChI is InChI=1S/C11H10F2O5/c1-5-2-6(4-14)3-7(8(15)10(16)17)9(5)18-11(12)13/h2-4,8,11,15H,1H3,(H,16,17). The highest BCUT2D eigenvalue weighted by atomic mass is 19.3. The van der Waals surface area contributed by atoms with Crippen molar-refractivity contribution >= 4 is 12.3 Å². The van der Waals surface area contributed by atoms with Crippen molar-refractivity contribution in [1.82, 2.24) is 0 Å². The molecule has 1 atom stereocenters. The molecule has 0 heterocycles. The number of aliphatic hydroxyl groups is 1. The van der Waals surface area contributed by atoms with Crippen LogP contribution < -0.4 is 4.74 Å². The van der Waals surface area contributed by atoms with Crippen molar-refractivity contribution < 1.29 is 33.3 Å². The Morgan fingerprint density at radius 2 is 2.06 bits per heavy atom. The summed E-state index contributed by atoms with van der Waals surface area (Å²) < 4.78 is 28.6. The molecular formula is C11H10F2O5. The summed E-state index contributed by atoms with van der Waals surface area (Å²) in [6.07, 6.45) is -1.63. The van der Waals surface area contributed by atoms with Crippen LogP contribution in [0.25, 0.3) is 0 Å². The van der Waals surface area contributed by atoms with Gasteiger partial charge in [-0.3, -0.25) is 4.79 Å². The van der Waals surface area contributed by atoms with Gasteiger partial charge in [0, 0.05) is 11.1 Å². The minimum absolute atomic E-state index is 0.0596. The summed E-state index contributed by atoms with van der Waals surface area (Å²) in [6, 6.07) is 2.25. The van der Waals surface area contributed by atoms with Gasteiger partial charge < -0.3 is 14.9 Å². The SMILES string of the molecule is Cc1cc(C=O)cc(C(O)C(=O)O)c1OC(F)F. The largest absolute Gasteiger partial charge is 0.479 e. The first kappa shape index (κ1) is 14.0. The fourth-order valence-electron chi connectivity index (χ4n) is 1.48. The molecule has 0 bridgehead atoms. The first-order valence-corrected chi connectivity index (χ1v) is 4.82. The number of carbonyl (C=O) groups is 2. The highest BCUT2D eigenvalue weighted by Gasteiger charge is 2.24. The lowest BCUT2D eigenvalue weighted by atomic mass is 10.0. The molecule has 0 amide bonds. The first-order chi connectivity index (χ1) is 8.36. The molecule has 0 saturated heterocycles.